The largest absolute Gasteiger partial charge is 0.368 e. The molecule has 2 N–H and O–H groups in total. The molecule has 0 aliphatic heterocycles. The Bertz CT molecular complexity index is 500. The lowest BCUT2D eigenvalue weighted by Crippen LogP contribution is -2.36. The van der Waals surface area contributed by atoms with Crippen molar-refractivity contribution < 1.29 is 4.92 Å². The summed E-state index contributed by atoms with van der Waals surface area (Å²) < 4.78 is 0. The van der Waals surface area contributed by atoms with E-state index in [4.69, 9.17) is 5.73 Å². The Labute approximate surface area is 124 Å². The molecular formula is C14H23N5O2. The molecule has 0 radical (unpaired) electrons. The van der Waals surface area contributed by atoms with Crippen LogP contribution in [0.2, 0.25) is 0 Å². The van der Waals surface area contributed by atoms with Gasteiger partial charge in [-0.15, -0.1) is 0 Å². The minimum absolute atomic E-state index is 0.0557. The van der Waals surface area contributed by atoms with E-state index in [9.17, 15) is 10.1 Å². The highest BCUT2D eigenvalue weighted by atomic mass is 16.6. The number of nitrogens with two attached hydrogens (primary N) is 1. The van der Waals surface area contributed by atoms with E-state index in [0.29, 0.717) is 17.8 Å². The maximum absolute atomic E-state index is 11.2. The van der Waals surface area contributed by atoms with Crippen LogP contribution in [0.3, 0.4) is 0 Å². The number of rotatable bonds is 6. The van der Waals surface area contributed by atoms with Gasteiger partial charge in [-0.3, -0.25) is 10.1 Å². The molecule has 7 heteroatoms. The van der Waals surface area contributed by atoms with Crippen molar-refractivity contribution in [1.82, 2.24) is 9.97 Å². The lowest BCUT2D eigenvalue weighted by molar-refractivity contribution is -0.384. The summed E-state index contributed by atoms with van der Waals surface area (Å²) in [4.78, 5) is 20.8. The van der Waals surface area contributed by atoms with E-state index in [1.807, 2.05) is 0 Å². The van der Waals surface area contributed by atoms with Crippen molar-refractivity contribution in [2.75, 3.05) is 17.2 Å². The number of nitro groups is 1. The summed E-state index contributed by atoms with van der Waals surface area (Å²) in [7, 11) is 0. The van der Waals surface area contributed by atoms with E-state index in [2.05, 4.69) is 28.7 Å². The Morgan fingerprint density at radius 1 is 1.48 bits per heavy atom. The molecule has 2 rings (SSSR count). The van der Waals surface area contributed by atoms with Crippen LogP contribution in [0.1, 0.15) is 46.0 Å². The van der Waals surface area contributed by atoms with Gasteiger partial charge in [0.2, 0.25) is 11.8 Å². The molecule has 1 aliphatic carbocycles. The molecule has 116 valence electrons. The first-order valence-electron chi connectivity index (χ1n) is 7.52. The Balaban J connectivity index is 2.34. The number of anilines is 2. The Hall–Kier alpha value is -1.92. The first-order valence-corrected chi connectivity index (χ1v) is 7.52. The van der Waals surface area contributed by atoms with Gasteiger partial charge >= 0.3 is 5.69 Å². The van der Waals surface area contributed by atoms with Gasteiger partial charge in [-0.05, 0) is 25.2 Å². The third kappa shape index (κ3) is 3.80. The van der Waals surface area contributed by atoms with Gasteiger partial charge in [0, 0.05) is 12.6 Å². The van der Waals surface area contributed by atoms with Gasteiger partial charge in [0.1, 0.15) is 6.20 Å². The van der Waals surface area contributed by atoms with Crippen LogP contribution in [0.25, 0.3) is 0 Å². The van der Waals surface area contributed by atoms with Crippen molar-refractivity contribution >= 4 is 17.5 Å². The third-order valence-corrected chi connectivity index (χ3v) is 3.95. The molecular weight excluding hydrogens is 270 g/mol. The van der Waals surface area contributed by atoms with Gasteiger partial charge in [0.05, 0.1) is 4.92 Å². The molecule has 0 aromatic carbocycles. The van der Waals surface area contributed by atoms with Gasteiger partial charge in [0.15, 0.2) is 0 Å². The summed E-state index contributed by atoms with van der Waals surface area (Å²) in [5, 5.41) is 11.2. The zero-order chi connectivity index (χ0) is 15.4. The highest BCUT2D eigenvalue weighted by Gasteiger charge is 2.29. The molecule has 7 nitrogen and oxygen atoms in total. The lowest BCUT2D eigenvalue weighted by atomic mass is 10.1. The highest BCUT2D eigenvalue weighted by Crippen LogP contribution is 2.33. The van der Waals surface area contributed by atoms with E-state index in [1.165, 1.54) is 6.20 Å². The lowest BCUT2D eigenvalue weighted by Gasteiger charge is -2.30. The van der Waals surface area contributed by atoms with E-state index in [0.717, 1.165) is 38.6 Å². The second-order valence-electron chi connectivity index (χ2n) is 6.01. The molecule has 0 atom stereocenters. The van der Waals surface area contributed by atoms with Crippen LogP contribution in [0.15, 0.2) is 6.20 Å². The van der Waals surface area contributed by atoms with E-state index < -0.39 is 4.92 Å². The summed E-state index contributed by atoms with van der Waals surface area (Å²) in [6.07, 6.45) is 6.62. The monoisotopic (exact) mass is 293 g/mol. The molecule has 0 amide bonds. The van der Waals surface area contributed by atoms with Crippen LogP contribution in [0.5, 0.6) is 0 Å². The number of hydrogen-bond donors (Lipinski definition) is 1. The fourth-order valence-corrected chi connectivity index (χ4v) is 2.79. The van der Waals surface area contributed by atoms with E-state index >= 15 is 0 Å². The summed E-state index contributed by atoms with van der Waals surface area (Å²) in [5.74, 6) is 0.996. The van der Waals surface area contributed by atoms with Crippen LogP contribution in [0.4, 0.5) is 17.5 Å². The van der Waals surface area contributed by atoms with Gasteiger partial charge < -0.3 is 10.6 Å². The number of nitrogen functional groups attached to an aromatic ring is 1. The fourth-order valence-electron chi connectivity index (χ4n) is 2.79. The first-order chi connectivity index (χ1) is 9.99. The number of hydrogen-bond acceptors (Lipinski definition) is 6. The molecule has 1 aliphatic rings. The topological polar surface area (TPSA) is 98.2 Å². The number of aromatic nitrogens is 2. The Morgan fingerprint density at radius 3 is 2.71 bits per heavy atom. The fraction of sp³-hybridized carbons (Fsp3) is 0.714. The Kier molecular flexibility index (Phi) is 4.93. The van der Waals surface area contributed by atoms with Crippen molar-refractivity contribution in [1.29, 1.82) is 0 Å². The molecule has 0 saturated heterocycles. The zero-order valence-electron chi connectivity index (χ0n) is 12.7. The predicted molar refractivity (Wildman–Crippen MR) is 82.2 cm³/mol. The molecule has 0 bridgehead atoms. The SMILES string of the molecule is CC(C)CCN(c1nc(N)ncc1[N+](=O)[O-])C1CCCC1. The van der Waals surface area contributed by atoms with E-state index in [1.54, 1.807) is 0 Å². The second-order valence-corrected chi connectivity index (χ2v) is 6.01. The maximum atomic E-state index is 11.2. The molecule has 1 aromatic rings. The minimum atomic E-state index is -0.425. The average molecular weight is 293 g/mol. The van der Waals surface area contributed by atoms with Gasteiger partial charge in [-0.2, -0.15) is 4.98 Å². The van der Waals surface area contributed by atoms with Crippen LogP contribution in [-0.4, -0.2) is 27.5 Å². The molecule has 1 aromatic heterocycles. The summed E-state index contributed by atoms with van der Waals surface area (Å²) in [6.45, 7) is 5.06. The average Bonchev–Trinajstić information content (AvgIpc) is 2.92. The van der Waals surface area contributed by atoms with Crippen LogP contribution < -0.4 is 10.6 Å². The molecule has 0 spiro atoms. The molecule has 1 heterocycles. The standard InChI is InChI=1S/C14H23N5O2/c1-10(2)7-8-18(11-5-3-4-6-11)13-12(19(20)21)9-16-14(15)17-13/h9-11H,3-8H2,1-2H3,(H2,15,16,17). The van der Waals surface area contributed by atoms with Crippen molar-refractivity contribution in [2.24, 2.45) is 5.92 Å². The van der Waals surface area contributed by atoms with Gasteiger partial charge in [-0.1, -0.05) is 26.7 Å². The molecule has 0 unspecified atom stereocenters. The molecule has 21 heavy (non-hydrogen) atoms. The minimum Gasteiger partial charge on any atom is -0.368 e. The molecule has 1 saturated carbocycles. The zero-order valence-corrected chi connectivity index (χ0v) is 12.7. The van der Waals surface area contributed by atoms with Crippen molar-refractivity contribution in [3.63, 3.8) is 0 Å². The maximum Gasteiger partial charge on any atom is 0.329 e. The van der Waals surface area contributed by atoms with Crippen LogP contribution in [-0.2, 0) is 0 Å². The third-order valence-electron chi connectivity index (χ3n) is 3.95. The second kappa shape index (κ2) is 6.69. The summed E-state index contributed by atoms with van der Waals surface area (Å²) >= 11 is 0. The quantitative estimate of drug-likeness (QED) is 0.639. The first kappa shape index (κ1) is 15.5. The van der Waals surface area contributed by atoms with E-state index in [-0.39, 0.29) is 11.6 Å². The van der Waals surface area contributed by atoms with Crippen molar-refractivity contribution in [3.8, 4) is 0 Å². The molecule has 1 fully saturated rings. The van der Waals surface area contributed by atoms with Crippen LogP contribution in [0, 0.1) is 16.0 Å². The normalized spacial score (nSPS) is 15.6. The van der Waals surface area contributed by atoms with Crippen LogP contribution >= 0.6 is 0 Å². The van der Waals surface area contributed by atoms with Gasteiger partial charge in [-0.25, -0.2) is 4.98 Å². The Morgan fingerprint density at radius 2 is 2.14 bits per heavy atom. The van der Waals surface area contributed by atoms with Crippen molar-refractivity contribution in [2.45, 2.75) is 52.0 Å². The highest BCUT2D eigenvalue weighted by molar-refractivity contribution is 5.59. The predicted octanol–water partition coefficient (Wildman–Crippen LogP) is 2.76. The summed E-state index contributed by atoms with van der Waals surface area (Å²) in [6, 6.07) is 0.316. The van der Waals surface area contributed by atoms with Crippen molar-refractivity contribution in [3.05, 3.63) is 16.3 Å². The smallest absolute Gasteiger partial charge is 0.329 e. The van der Waals surface area contributed by atoms with Gasteiger partial charge in [0.25, 0.3) is 0 Å². The number of nitrogens with zero attached hydrogens (tertiary/aromatic N) is 4. The summed E-state index contributed by atoms with van der Waals surface area (Å²) in [5.41, 5.74) is 5.59.